The molecule has 0 bridgehead atoms. The summed E-state index contributed by atoms with van der Waals surface area (Å²) in [4.78, 5) is 16.3. The number of aliphatic imine (C=N–C) groups is 1. The molecule has 24 heavy (non-hydrogen) atoms. The molecule has 2 aromatic carbocycles. The summed E-state index contributed by atoms with van der Waals surface area (Å²) in [7, 11) is 0. The summed E-state index contributed by atoms with van der Waals surface area (Å²) in [6, 6.07) is 11.5. The third kappa shape index (κ3) is 4.07. The molecule has 0 amide bonds. The van der Waals surface area contributed by atoms with Gasteiger partial charge < -0.3 is 5.73 Å². The van der Waals surface area contributed by atoms with Gasteiger partial charge in [-0.15, -0.1) is 0 Å². The number of Topliss-reactive ketones (excluding diaryl/α,β-unsaturated/α-hetero) is 1. The van der Waals surface area contributed by atoms with Crippen LogP contribution in [0.4, 0.5) is 11.4 Å². The Bertz CT molecular complexity index is 845. The van der Waals surface area contributed by atoms with Crippen LogP contribution in [-0.2, 0) is 0 Å². The number of anilines is 1. The third-order valence-corrected chi connectivity index (χ3v) is 3.87. The standard InChI is InChI=1S/C21H22N2O/c1-5-18(12-11-17-10-9-14(2)15(3)13-17)23-21-19(16(4)24)7-6-8-20(21)22/h5-13H,1,22H2,2-4H3/b12-11+,23-18?. The normalized spacial score (nSPS) is 11.7. The highest BCUT2D eigenvalue weighted by atomic mass is 16.1. The molecule has 3 nitrogen and oxygen atoms in total. The molecule has 0 aliphatic rings. The molecule has 0 unspecified atom stereocenters. The smallest absolute Gasteiger partial charge is 0.162 e. The molecule has 2 aromatic rings. The van der Waals surface area contributed by atoms with Gasteiger partial charge in [0.25, 0.3) is 0 Å². The minimum Gasteiger partial charge on any atom is -0.397 e. The number of benzene rings is 2. The van der Waals surface area contributed by atoms with Gasteiger partial charge in [-0.05, 0) is 61.7 Å². The largest absolute Gasteiger partial charge is 0.397 e. The molecule has 0 heterocycles. The van der Waals surface area contributed by atoms with Crippen LogP contribution in [0, 0.1) is 13.8 Å². The van der Waals surface area contributed by atoms with E-state index >= 15 is 0 Å². The number of ketones is 1. The first-order valence-corrected chi connectivity index (χ1v) is 7.78. The van der Waals surface area contributed by atoms with Crippen molar-refractivity contribution in [2.45, 2.75) is 20.8 Å². The average molecular weight is 318 g/mol. The molecule has 0 saturated carbocycles. The second kappa shape index (κ2) is 7.55. The molecule has 122 valence electrons. The zero-order chi connectivity index (χ0) is 17.7. The number of rotatable bonds is 5. The summed E-state index contributed by atoms with van der Waals surface area (Å²) < 4.78 is 0. The summed E-state index contributed by atoms with van der Waals surface area (Å²) in [5.74, 6) is -0.0670. The highest BCUT2D eigenvalue weighted by molar-refractivity contribution is 6.10. The van der Waals surface area contributed by atoms with E-state index in [0.717, 1.165) is 5.56 Å². The molecule has 3 heteroatoms. The van der Waals surface area contributed by atoms with Crippen molar-refractivity contribution in [3.05, 3.63) is 77.4 Å². The Hall–Kier alpha value is -2.94. The molecule has 0 fully saturated rings. The van der Waals surface area contributed by atoms with Crippen molar-refractivity contribution in [1.82, 2.24) is 0 Å². The van der Waals surface area contributed by atoms with E-state index in [9.17, 15) is 4.79 Å². The minimum absolute atomic E-state index is 0.0670. The molecule has 0 aromatic heterocycles. The maximum atomic E-state index is 11.8. The van der Waals surface area contributed by atoms with Crippen molar-refractivity contribution in [2.24, 2.45) is 4.99 Å². The van der Waals surface area contributed by atoms with Crippen LogP contribution in [0.15, 0.2) is 60.1 Å². The predicted octanol–water partition coefficient (Wildman–Crippen LogP) is 5.06. The first kappa shape index (κ1) is 17.4. The van der Waals surface area contributed by atoms with E-state index in [-0.39, 0.29) is 5.78 Å². The third-order valence-electron chi connectivity index (χ3n) is 3.87. The number of hydrogen-bond acceptors (Lipinski definition) is 3. The van der Waals surface area contributed by atoms with Crippen LogP contribution < -0.4 is 5.73 Å². The van der Waals surface area contributed by atoms with Gasteiger partial charge in [0.15, 0.2) is 5.78 Å². The second-order valence-electron chi connectivity index (χ2n) is 5.72. The van der Waals surface area contributed by atoms with Crippen molar-refractivity contribution in [3.8, 4) is 0 Å². The Kier molecular flexibility index (Phi) is 5.48. The van der Waals surface area contributed by atoms with Crippen LogP contribution in [0.5, 0.6) is 0 Å². The van der Waals surface area contributed by atoms with Crippen molar-refractivity contribution in [2.75, 3.05) is 5.73 Å². The number of nitrogen functional groups attached to an aromatic ring is 1. The topological polar surface area (TPSA) is 55.4 Å². The van der Waals surface area contributed by atoms with Crippen LogP contribution >= 0.6 is 0 Å². The number of nitrogens with two attached hydrogens (primary N) is 1. The van der Waals surface area contributed by atoms with E-state index < -0.39 is 0 Å². The fourth-order valence-electron chi connectivity index (χ4n) is 2.30. The van der Waals surface area contributed by atoms with Gasteiger partial charge in [0.1, 0.15) is 0 Å². The molecule has 2 rings (SSSR count). The van der Waals surface area contributed by atoms with E-state index in [1.807, 2.05) is 12.2 Å². The van der Waals surface area contributed by atoms with E-state index in [2.05, 4.69) is 43.6 Å². The average Bonchev–Trinajstić information content (AvgIpc) is 2.55. The maximum Gasteiger partial charge on any atom is 0.162 e. The Morgan fingerprint density at radius 2 is 1.92 bits per heavy atom. The molecule has 0 aliphatic carbocycles. The second-order valence-corrected chi connectivity index (χ2v) is 5.72. The van der Waals surface area contributed by atoms with Crippen LogP contribution in [0.25, 0.3) is 6.08 Å². The lowest BCUT2D eigenvalue weighted by Crippen LogP contribution is -1.98. The van der Waals surface area contributed by atoms with Gasteiger partial charge in [0.05, 0.1) is 17.1 Å². The number of allylic oxidation sites excluding steroid dienone is 2. The first-order chi connectivity index (χ1) is 11.4. The minimum atomic E-state index is -0.0670. The molecular weight excluding hydrogens is 296 g/mol. The predicted molar refractivity (Wildman–Crippen MR) is 103 cm³/mol. The van der Waals surface area contributed by atoms with Gasteiger partial charge in [0, 0.05) is 5.56 Å². The number of nitrogens with zero attached hydrogens (tertiary/aromatic N) is 1. The van der Waals surface area contributed by atoms with Crippen molar-refractivity contribution >= 4 is 28.9 Å². The lowest BCUT2D eigenvalue weighted by Gasteiger charge is -2.06. The molecule has 0 spiro atoms. The van der Waals surface area contributed by atoms with Crippen molar-refractivity contribution in [3.63, 3.8) is 0 Å². The Labute approximate surface area is 143 Å². The zero-order valence-corrected chi connectivity index (χ0v) is 14.3. The maximum absolute atomic E-state index is 11.8. The quantitative estimate of drug-likeness (QED) is 0.476. The summed E-state index contributed by atoms with van der Waals surface area (Å²) >= 11 is 0. The van der Waals surface area contributed by atoms with Crippen LogP contribution in [0.1, 0.15) is 34.0 Å². The Morgan fingerprint density at radius 3 is 2.54 bits per heavy atom. The monoisotopic (exact) mass is 318 g/mol. The zero-order valence-electron chi connectivity index (χ0n) is 14.3. The van der Waals surface area contributed by atoms with Crippen LogP contribution in [-0.4, -0.2) is 11.5 Å². The van der Waals surface area contributed by atoms with Gasteiger partial charge >= 0.3 is 0 Å². The molecule has 0 radical (unpaired) electrons. The summed E-state index contributed by atoms with van der Waals surface area (Å²) in [6.07, 6.45) is 5.49. The molecule has 0 atom stereocenters. The lowest BCUT2D eigenvalue weighted by molar-refractivity contribution is 0.101. The summed E-state index contributed by atoms with van der Waals surface area (Å²) in [5.41, 5.74) is 11.7. The van der Waals surface area contributed by atoms with E-state index in [4.69, 9.17) is 5.73 Å². The van der Waals surface area contributed by atoms with Crippen LogP contribution in [0.3, 0.4) is 0 Å². The highest BCUT2D eigenvalue weighted by Gasteiger charge is 2.09. The van der Waals surface area contributed by atoms with Gasteiger partial charge in [-0.25, -0.2) is 4.99 Å². The van der Waals surface area contributed by atoms with Gasteiger partial charge in [-0.1, -0.05) is 36.9 Å². The molecular formula is C21H22N2O. The van der Waals surface area contributed by atoms with E-state index in [1.165, 1.54) is 18.1 Å². The SMILES string of the molecule is C=CC(/C=C/c1ccc(C)c(C)c1)=Nc1c(N)cccc1C(C)=O. The fraction of sp³-hybridized carbons (Fsp3) is 0.143. The first-order valence-electron chi connectivity index (χ1n) is 7.78. The molecule has 0 saturated heterocycles. The van der Waals surface area contributed by atoms with Crippen molar-refractivity contribution < 1.29 is 4.79 Å². The number of carbonyl (C=O) groups is 1. The van der Waals surface area contributed by atoms with Gasteiger partial charge in [-0.3, -0.25) is 4.79 Å². The lowest BCUT2D eigenvalue weighted by atomic mass is 10.1. The fourth-order valence-corrected chi connectivity index (χ4v) is 2.30. The van der Waals surface area contributed by atoms with Gasteiger partial charge in [-0.2, -0.15) is 0 Å². The van der Waals surface area contributed by atoms with Gasteiger partial charge in [0.2, 0.25) is 0 Å². The number of para-hydroxylation sites is 1. The van der Waals surface area contributed by atoms with E-state index in [0.29, 0.717) is 22.6 Å². The summed E-state index contributed by atoms with van der Waals surface area (Å²) in [5, 5.41) is 0. The summed E-state index contributed by atoms with van der Waals surface area (Å²) in [6.45, 7) is 9.47. The number of hydrogen-bond donors (Lipinski definition) is 1. The Morgan fingerprint density at radius 1 is 1.17 bits per heavy atom. The highest BCUT2D eigenvalue weighted by Crippen LogP contribution is 2.27. The van der Waals surface area contributed by atoms with Crippen molar-refractivity contribution in [1.29, 1.82) is 0 Å². The van der Waals surface area contributed by atoms with Crippen LogP contribution in [0.2, 0.25) is 0 Å². The number of aryl methyl sites for hydroxylation is 2. The van der Waals surface area contributed by atoms with E-state index in [1.54, 1.807) is 24.3 Å². The number of carbonyl (C=O) groups excluding carboxylic acids is 1. The molecule has 2 N–H and O–H groups in total. The molecule has 0 aliphatic heterocycles. The Balaban J connectivity index is 2.40.